The molecule has 0 unspecified atom stereocenters. The topological polar surface area (TPSA) is 84.2 Å². The highest BCUT2D eigenvalue weighted by molar-refractivity contribution is 6.04. The average molecular weight is 349 g/mol. The molecule has 0 aliphatic heterocycles. The van der Waals surface area contributed by atoms with Gasteiger partial charge >= 0.3 is 5.97 Å². The first-order chi connectivity index (χ1) is 11.7. The van der Waals surface area contributed by atoms with E-state index in [4.69, 9.17) is 5.11 Å². The number of nitrogens with zero attached hydrogens (tertiary/aromatic N) is 2. The number of amides is 1. The van der Waals surface area contributed by atoms with Gasteiger partial charge < -0.3 is 10.4 Å². The zero-order valence-corrected chi connectivity index (χ0v) is 13.5. The molecule has 1 aliphatic rings. The fraction of sp³-hybridized carbons (Fsp3) is 0.353. The fourth-order valence-electron chi connectivity index (χ4n) is 2.91. The lowest BCUT2D eigenvalue weighted by molar-refractivity contribution is -0.137. The molecule has 1 fully saturated rings. The zero-order chi connectivity index (χ0) is 18.2. The molecule has 0 radical (unpaired) electrons. The number of carbonyl (C=O) groups excluding carboxylic acids is 1. The molecule has 1 aliphatic carbocycles. The standard InChI is InChI=1S/C17H17F2N3O3/c1-10-5-14(22(21-10)9-15(23)24)20-16(25)12-4-2-3-11(6-12)13-7-17(18,19)8-13/h2-6,13H,7-9H2,1H3,(H,20,25)(H,23,24). The van der Waals surface area contributed by atoms with Gasteiger partial charge in [0.15, 0.2) is 0 Å². The Hall–Kier alpha value is -2.77. The van der Waals surface area contributed by atoms with E-state index in [2.05, 4.69) is 10.4 Å². The van der Waals surface area contributed by atoms with Crippen molar-refractivity contribution in [1.82, 2.24) is 9.78 Å². The number of rotatable bonds is 5. The second-order valence-electron chi connectivity index (χ2n) is 6.26. The predicted octanol–water partition coefficient (Wildman–Crippen LogP) is 3.04. The number of nitrogens with one attached hydrogen (secondary N) is 1. The van der Waals surface area contributed by atoms with Crippen LogP contribution in [0.25, 0.3) is 0 Å². The number of aliphatic carboxylic acids is 1. The van der Waals surface area contributed by atoms with Crippen molar-refractivity contribution in [2.75, 3.05) is 5.32 Å². The summed E-state index contributed by atoms with van der Waals surface area (Å²) in [5.41, 5.74) is 1.60. The molecular formula is C17H17F2N3O3. The van der Waals surface area contributed by atoms with E-state index in [0.717, 1.165) is 0 Å². The van der Waals surface area contributed by atoms with Crippen molar-refractivity contribution in [3.8, 4) is 0 Å². The third-order valence-corrected chi connectivity index (χ3v) is 4.14. The maximum absolute atomic E-state index is 13.0. The summed E-state index contributed by atoms with van der Waals surface area (Å²) in [6.07, 6.45) is -0.411. The second-order valence-corrected chi connectivity index (χ2v) is 6.26. The Morgan fingerprint density at radius 3 is 2.72 bits per heavy atom. The highest BCUT2D eigenvalue weighted by Gasteiger charge is 2.45. The third kappa shape index (κ3) is 3.84. The minimum Gasteiger partial charge on any atom is -0.480 e. The van der Waals surface area contributed by atoms with Crippen LogP contribution in [-0.2, 0) is 11.3 Å². The van der Waals surface area contributed by atoms with Crippen molar-refractivity contribution >= 4 is 17.7 Å². The molecule has 1 aromatic heterocycles. The molecule has 0 bridgehead atoms. The highest BCUT2D eigenvalue weighted by atomic mass is 19.3. The van der Waals surface area contributed by atoms with E-state index in [9.17, 15) is 18.4 Å². The molecule has 0 atom stereocenters. The van der Waals surface area contributed by atoms with Gasteiger partial charge in [-0.3, -0.25) is 9.59 Å². The molecule has 2 N–H and O–H groups in total. The minimum absolute atomic E-state index is 0.206. The van der Waals surface area contributed by atoms with Crippen LogP contribution in [0.1, 0.15) is 40.4 Å². The molecule has 1 heterocycles. The molecule has 1 saturated carbocycles. The number of hydrogen-bond donors (Lipinski definition) is 2. The van der Waals surface area contributed by atoms with E-state index < -0.39 is 17.8 Å². The van der Waals surface area contributed by atoms with Crippen LogP contribution >= 0.6 is 0 Å². The van der Waals surface area contributed by atoms with Crippen LogP contribution in [0.3, 0.4) is 0 Å². The van der Waals surface area contributed by atoms with Crippen LogP contribution in [0.2, 0.25) is 0 Å². The first-order valence-electron chi connectivity index (χ1n) is 7.79. The number of anilines is 1. The molecule has 0 saturated heterocycles. The molecule has 1 amide bonds. The van der Waals surface area contributed by atoms with Gasteiger partial charge in [-0.15, -0.1) is 0 Å². The van der Waals surface area contributed by atoms with E-state index >= 15 is 0 Å². The van der Waals surface area contributed by atoms with Crippen LogP contribution < -0.4 is 5.32 Å². The molecular weight excluding hydrogens is 332 g/mol. The summed E-state index contributed by atoms with van der Waals surface area (Å²) in [5.74, 6) is -4.12. The Kier molecular flexibility index (Phi) is 4.28. The number of aromatic nitrogens is 2. The van der Waals surface area contributed by atoms with Crippen molar-refractivity contribution in [2.45, 2.75) is 38.2 Å². The number of hydrogen-bond acceptors (Lipinski definition) is 3. The monoisotopic (exact) mass is 349 g/mol. The number of carbonyl (C=O) groups is 2. The van der Waals surface area contributed by atoms with Crippen molar-refractivity contribution in [2.24, 2.45) is 0 Å². The number of carboxylic acids is 1. The average Bonchev–Trinajstić information content (AvgIpc) is 2.83. The van der Waals surface area contributed by atoms with Gasteiger partial charge in [0.2, 0.25) is 5.92 Å². The second kappa shape index (κ2) is 6.27. The van der Waals surface area contributed by atoms with Gasteiger partial charge in [-0.1, -0.05) is 12.1 Å². The van der Waals surface area contributed by atoms with Gasteiger partial charge in [0.1, 0.15) is 12.4 Å². The molecule has 3 rings (SSSR count). The van der Waals surface area contributed by atoms with Gasteiger partial charge in [0, 0.05) is 24.5 Å². The smallest absolute Gasteiger partial charge is 0.325 e. The van der Waals surface area contributed by atoms with Crippen LogP contribution in [-0.4, -0.2) is 32.7 Å². The zero-order valence-electron chi connectivity index (χ0n) is 13.5. The van der Waals surface area contributed by atoms with E-state index in [1.54, 1.807) is 37.3 Å². The minimum atomic E-state index is -2.62. The molecule has 0 spiro atoms. The Morgan fingerprint density at radius 1 is 1.36 bits per heavy atom. The normalized spacial score (nSPS) is 16.3. The summed E-state index contributed by atoms with van der Waals surface area (Å²) >= 11 is 0. The summed E-state index contributed by atoms with van der Waals surface area (Å²) in [5, 5.41) is 15.5. The molecule has 6 nitrogen and oxygen atoms in total. The number of halogens is 2. The molecule has 25 heavy (non-hydrogen) atoms. The Morgan fingerprint density at radius 2 is 2.08 bits per heavy atom. The molecule has 8 heteroatoms. The van der Waals surface area contributed by atoms with Crippen LogP contribution in [0, 0.1) is 6.92 Å². The van der Waals surface area contributed by atoms with Gasteiger partial charge in [0.05, 0.1) is 5.69 Å². The summed E-state index contributed by atoms with van der Waals surface area (Å²) < 4.78 is 27.3. The fourth-order valence-corrected chi connectivity index (χ4v) is 2.91. The van der Waals surface area contributed by atoms with E-state index in [1.165, 1.54) is 4.68 Å². The van der Waals surface area contributed by atoms with Crippen molar-refractivity contribution in [1.29, 1.82) is 0 Å². The van der Waals surface area contributed by atoms with E-state index in [0.29, 0.717) is 16.8 Å². The summed E-state index contributed by atoms with van der Waals surface area (Å²) in [4.78, 5) is 23.3. The Balaban J connectivity index is 1.75. The lowest BCUT2D eigenvalue weighted by atomic mass is 9.76. The van der Waals surface area contributed by atoms with E-state index in [1.807, 2.05) is 0 Å². The summed E-state index contributed by atoms with van der Waals surface area (Å²) in [7, 11) is 0. The lowest BCUT2D eigenvalue weighted by Gasteiger charge is -2.35. The maximum Gasteiger partial charge on any atom is 0.325 e. The van der Waals surface area contributed by atoms with Crippen molar-refractivity contribution in [3.63, 3.8) is 0 Å². The number of alkyl halides is 2. The SMILES string of the molecule is Cc1cc(NC(=O)c2cccc(C3CC(F)(F)C3)c2)n(CC(=O)O)n1. The summed E-state index contributed by atoms with van der Waals surface area (Å²) in [6, 6.07) is 8.13. The first-order valence-corrected chi connectivity index (χ1v) is 7.79. The van der Waals surface area contributed by atoms with Gasteiger partial charge in [-0.2, -0.15) is 5.10 Å². The Labute approximate surface area is 142 Å². The number of carboxylic acid groups (broad SMARTS) is 1. The number of aryl methyl sites for hydroxylation is 1. The molecule has 132 valence electrons. The quantitative estimate of drug-likeness (QED) is 0.869. The third-order valence-electron chi connectivity index (χ3n) is 4.14. The molecule has 2 aromatic rings. The Bertz CT molecular complexity index is 824. The van der Waals surface area contributed by atoms with Gasteiger partial charge in [-0.05, 0) is 30.5 Å². The number of benzene rings is 1. The maximum atomic E-state index is 13.0. The van der Waals surface area contributed by atoms with Crippen molar-refractivity contribution in [3.05, 3.63) is 47.2 Å². The van der Waals surface area contributed by atoms with Crippen LogP contribution in [0.15, 0.2) is 30.3 Å². The van der Waals surface area contributed by atoms with Crippen LogP contribution in [0.4, 0.5) is 14.6 Å². The predicted molar refractivity (Wildman–Crippen MR) is 85.9 cm³/mol. The summed E-state index contributed by atoms with van der Waals surface area (Å²) in [6.45, 7) is 1.31. The first kappa shape index (κ1) is 17.1. The largest absolute Gasteiger partial charge is 0.480 e. The lowest BCUT2D eigenvalue weighted by Crippen LogP contribution is -2.33. The van der Waals surface area contributed by atoms with Crippen molar-refractivity contribution < 1.29 is 23.5 Å². The van der Waals surface area contributed by atoms with E-state index in [-0.39, 0.29) is 31.1 Å². The van der Waals surface area contributed by atoms with Gasteiger partial charge in [-0.25, -0.2) is 13.5 Å². The highest BCUT2D eigenvalue weighted by Crippen LogP contribution is 2.48. The molecule has 1 aromatic carbocycles. The van der Waals surface area contributed by atoms with Crippen LogP contribution in [0.5, 0.6) is 0 Å². The van der Waals surface area contributed by atoms with Gasteiger partial charge in [0.25, 0.3) is 5.91 Å².